The maximum Gasteiger partial charge on any atom is 0.435 e. The minimum absolute atomic E-state index is 0.0438. The number of anilines is 1. The van der Waals surface area contributed by atoms with Crippen molar-refractivity contribution in [1.29, 1.82) is 0 Å². The number of amides is 3. The predicted octanol–water partition coefficient (Wildman–Crippen LogP) is 3.50. The molecule has 0 aliphatic rings. The molecule has 34 heavy (non-hydrogen) atoms. The highest BCUT2D eigenvalue weighted by molar-refractivity contribution is 6.32. The fourth-order valence-electron chi connectivity index (χ4n) is 2.74. The van der Waals surface area contributed by atoms with Gasteiger partial charge < -0.3 is 10.1 Å². The summed E-state index contributed by atoms with van der Waals surface area (Å²) in [6.45, 7) is 1.67. The molecule has 0 radical (unpaired) electrons. The number of nitrogens with zero attached hydrogens (tertiary/aromatic N) is 3. The predicted molar refractivity (Wildman–Crippen MR) is 114 cm³/mol. The number of carbonyl (C=O) groups excluding carboxylic acids is 3. The summed E-state index contributed by atoms with van der Waals surface area (Å²) in [4.78, 5) is 40.6. The molecule has 0 fully saturated rings. The van der Waals surface area contributed by atoms with Crippen LogP contribution in [0.15, 0.2) is 42.6 Å². The van der Waals surface area contributed by atoms with Crippen LogP contribution >= 0.6 is 11.6 Å². The molecule has 0 spiro atoms. The van der Waals surface area contributed by atoms with E-state index in [1.54, 1.807) is 13.0 Å². The standard InChI is InChI=1S/C20H16ClF3N6O4/c1-10-5-6-13(11(8-10)17(31)27-28-19(33)34-2)26-18(32)14-9-15(20(22,23)24)29-30(14)16-12(21)4-3-7-25-16/h3-9H,1-2H3,(H,26,32)(H,27,31)(H,28,33). The summed E-state index contributed by atoms with van der Waals surface area (Å²) in [5.74, 6) is -2.04. The molecular weight excluding hydrogens is 481 g/mol. The quantitative estimate of drug-likeness (QED) is 0.474. The molecule has 3 amide bonds. The van der Waals surface area contributed by atoms with E-state index in [1.807, 2.05) is 5.43 Å². The average Bonchev–Trinajstić information content (AvgIpc) is 3.24. The molecule has 2 heterocycles. The van der Waals surface area contributed by atoms with E-state index < -0.39 is 35.5 Å². The number of benzene rings is 1. The Morgan fingerprint density at radius 2 is 1.82 bits per heavy atom. The molecular formula is C20H16ClF3N6O4. The normalized spacial score (nSPS) is 11.0. The van der Waals surface area contributed by atoms with Crippen molar-refractivity contribution in [2.45, 2.75) is 13.1 Å². The molecule has 3 N–H and O–H groups in total. The number of aryl methyl sites for hydroxylation is 1. The van der Waals surface area contributed by atoms with Gasteiger partial charge in [-0.3, -0.25) is 15.0 Å². The molecule has 0 saturated heterocycles. The van der Waals surface area contributed by atoms with Gasteiger partial charge in [0.1, 0.15) is 5.69 Å². The van der Waals surface area contributed by atoms with Crippen molar-refractivity contribution in [2.24, 2.45) is 0 Å². The number of rotatable bonds is 4. The summed E-state index contributed by atoms with van der Waals surface area (Å²) in [5.41, 5.74) is 2.70. The molecule has 0 atom stereocenters. The summed E-state index contributed by atoms with van der Waals surface area (Å²) in [7, 11) is 1.09. The van der Waals surface area contributed by atoms with Crippen LogP contribution < -0.4 is 16.2 Å². The van der Waals surface area contributed by atoms with E-state index >= 15 is 0 Å². The minimum Gasteiger partial charge on any atom is -0.452 e. The van der Waals surface area contributed by atoms with Crippen molar-refractivity contribution >= 4 is 35.2 Å². The Morgan fingerprint density at radius 1 is 1.09 bits per heavy atom. The number of carbonyl (C=O) groups is 3. The van der Waals surface area contributed by atoms with Crippen LogP contribution in [0.1, 0.15) is 32.1 Å². The zero-order valence-corrected chi connectivity index (χ0v) is 18.3. The van der Waals surface area contributed by atoms with Gasteiger partial charge in [0.25, 0.3) is 11.8 Å². The summed E-state index contributed by atoms with van der Waals surface area (Å²) in [6.07, 6.45) is -4.52. The summed E-state index contributed by atoms with van der Waals surface area (Å²) in [5, 5.41) is 5.79. The van der Waals surface area contributed by atoms with Crippen LogP contribution in [-0.4, -0.2) is 39.8 Å². The Balaban J connectivity index is 1.99. The lowest BCUT2D eigenvalue weighted by Crippen LogP contribution is -2.41. The SMILES string of the molecule is COC(=O)NNC(=O)c1cc(C)ccc1NC(=O)c1cc(C(F)(F)F)nn1-c1ncccc1Cl. The first-order valence-corrected chi connectivity index (χ1v) is 9.73. The summed E-state index contributed by atoms with van der Waals surface area (Å²) >= 11 is 6.04. The number of hydrogen-bond acceptors (Lipinski definition) is 6. The Labute approximate surface area is 195 Å². The van der Waals surface area contributed by atoms with Crippen molar-refractivity contribution in [2.75, 3.05) is 12.4 Å². The first-order chi connectivity index (χ1) is 16.0. The Bertz CT molecular complexity index is 1260. The first-order valence-electron chi connectivity index (χ1n) is 9.35. The third-order valence-electron chi connectivity index (χ3n) is 4.30. The molecule has 10 nitrogen and oxygen atoms in total. The largest absolute Gasteiger partial charge is 0.452 e. The van der Waals surface area contributed by atoms with E-state index in [0.29, 0.717) is 16.3 Å². The second-order valence-electron chi connectivity index (χ2n) is 6.71. The zero-order valence-electron chi connectivity index (χ0n) is 17.5. The maximum atomic E-state index is 13.3. The van der Waals surface area contributed by atoms with Crippen LogP contribution in [-0.2, 0) is 10.9 Å². The van der Waals surface area contributed by atoms with E-state index in [1.165, 1.54) is 30.5 Å². The number of alkyl halides is 3. The van der Waals surface area contributed by atoms with Gasteiger partial charge >= 0.3 is 12.3 Å². The van der Waals surface area contributed by atoms with Gasteiger partial charge in [0.05, 0.1) is 23.4 Å². The van der Waals surface area contributed by atoms with Crippen LogP contribution in [0.5, 0.6) is 0 Å². The van der Waals surface area contributed by atoms with Gasteiger partial charge in [0.15, 0.2) is 11.5 Å². The number of hydrazine groups is 1. The zero-order chi connectivity index (χ0) is 25.0. The van der Waals surface area contributed by atoms with Crippen molar-refractivity contribution in [3.63, 3.8) is 0 Å². The summed E-state index contributed by atoms with van der Waals surface area (Å²) in [6, 6.07) is 7.70. The van der Waals surface area contributed by atoms with Crippen LogP contribution in [0.4, 0.5) is 23.7 Å². The third-order valence-corrected chi connectivity index (χ3v) is 4.60. The van der Waals surface area contributed by atoms with Crippen molar-refractivity contribution < 1.29 is 32.3 Å². The van der Waals surface area contributed by atoms with Gasteiger partial charge in [-0.2, -0.15) is 18.3 Å². The second kappa shape index (κ2) is 9.79. The average molecular weight is 497 g/mol. The van der Waals surface area contributed by atoms with Crippen molar-refractivity contribution in [1.82, 2.24) is 25.6 Å². The van der Waals surface area contributed by atoms with E-state index in [4.69, 9.17) is 11.6 Å². The highest BCUT2D eigenvalue weighted by Crippen LogP contribution is 2.31. The number of pyridine rings is 1. The monoisotopic (exact) mass is 496 g/mol. The maximum absolute atomic E-state index is 13.3. The van der Waals surface area contributed by atoms with E-state index in [0.717, 1.165) is 7.11 Å². The molecule has 0 unspecified atom stereocenters. The lowest BCUT2D eigenvalue weighted by molar-refractivity contribution is -0.141. The van der Waals surface area contributed by atoms with Crippen LogP contribution in [0.3, 0.4) is 0 Å². The molecule has 14 heteroatoms. The molecule has 178 valence electrons. The Morgan fingerprint density at radius 3 is 2.47 bits per heavy atom. The molecule has 1 aromatic carbocycles. The lowest BCUT2D eigenvalue weighted by Gasteiger charge is -2.13. The number of methoxy groups -OCH3 is 1. The third kappa shape index (κ3) is 5.43. The van der Waals surface area contributed by atoms with Crippen LogP contribution in [0, 0.1) is 6.92 Å². The van der Waals surface area contributed by atoms with E-state index in [9.17, 15) is 27.6 Å². The van der Waals surface area contributed by atoms with Gasteiger partial charge in [-0.05, 0) is 31.2 Å². The number of aromatic nitrogens is 3. The summed E-state index contributed by atoms with van der Waals surface area (Å²) < 4.78 is 45.0. The fourth-order valence-corrected chi connectivity index (χ4v) is 2.95. The van der Waals surface area contributed by atoms with Gasteiger partial charge in [-0.1, -0.05) is 23.2 Å². The lowest BCUT2D eigenvalue weighted by atomic mass is 10.1. The Kier molecular flexibility index (Phi) is 7.05. The molecule has 0 bridgehead atoms. The molecule has 0 aliphatic carbocycles. The van der Waals surface area contributed by atoms with Crippen LogP contribution in [0.2, 0.25) is 5.02 Å². The number of nitrogens with one attached hydrogen (secondary N) is 3. The second-order valence-corrected chi connectivity index (χ2v) is 7.11. The van der Waals surface area contributed by atoms with Gasteiger partial charge in [0, 0.05) is 12.3 Å². The number of ether oxygens (including phenoxy) is 1. The van der Waals surface area contributed by atoms with Gasteiger partial charge in [-0.25, -0.2) is 19.9 Å². The van der Waals surface area contributed by atoms with E-state index in [2.05, 4.69) is 25.6 Å². The van der Waals surface area contributed by atoms with Crippen molar-refractivity contribution in [3.05, 3.63) is 70.1 Å². The first kappa shape index (κ1) is 24.5. The molecule has 0 saturated carbocycles. The van der Waals surface area contributed by atoms with Gasteiger partial charge in [0.2, 0.25) is 0 Å². The molecule has 3 aromatic rings. The number of hydrogen-bond donors (Lipinski definition) is 3. The van der Waals surface area contributed by atoms with Gasteiger partial charge in [-0.15, -0.1) is 0 Å². The number of halogens is 4. The Hall–Kier alpha value is -4.13. The highest BCUT2D eigenvalue weighted by Gasteiger charge is 2.36. The topological polar surface area (TPSA) is 127 Å². The van der Waals surface area contributed by atoms with Crippen LogP contribution in [0.25, 0.3) is 5.82 Å². The minimum atomic E-state index is -4.85. The van der Waals surface area contributed by atoms with E-state index in [-0.39, 0.29) is 22.1 Å². The smallest absolute Gasteiger partial charge is 0.435 e. The fraction of sp³-hybridized carbons (Fsp3) is 0.150. The molecule has 2 aromatic heterocycles. The molecule has 3 rings (SSSR count). The van der Waals surface area contributed by atoms with Crippen molar-refractivity contribution in [3.8, 4) is 5.82 Å². The molecule has 0 aliphatic heterocycles. The highest BCUT2D eigenvalue weighted by atomic mass is 35.5.